The Hall–Kier alpha value is -4.23. The lowest BCUT2D eigenvalue weighted by Crippen LogP contribution is -2.50. The van der Waals surface area contributed by atoms with Gasteiger partial charge in [-0.25, -0.2) is 36.5 Å². The number of piperidine rings is 1. The van der Waals surface area contributed by atoms with E-state index in [0.717, 1.165) is 11.6 Å². The van der Waals surface area contributed by atoms with Gasteiger partial charge in [0.2, 0.25) is 21.9 Å². The Bertz CT molecular complexity index is 1740. The molecule has 2 atom stereocenters. The molecule has 1 saturated heterocycles. The van der Waals surface area contributed by atoms with Crippen molar-refractivity contribution in [2.45, 2.75) is 44.7 Å². The molecule has 0 amide bonds. The van der Waals surface area contributed by atoms with Crippen molar-refractivity contribution < 1.29 is 26.3 Å². The number of pyridine rings is 1. The van der Waals surface area contributed by atoms with Gasteiger partial charge in [-0.3, -0.25) is 4.72 Å². The normalized spacial score (nSPS) is 18.7. The summed E-state index contributed by atoms with van der Waals surface area (Å²) in [6, 6.07) is 12.2. The first kappa shape index (κ1) is 30.2. The minimum absolute atomic E-state index is 0.0584. The third-order valence-corrected chi connectivity index (χ3v) is 8.17. The highest BCUT2D eigenvalue weighted by molar-refractivity contribution is 7.91. The number of hydrogen-bond donors (Lipinski definition) is 3. The molecule has 0 aliphatic carbocycles. The molecule has 0 unspecified atom stereocenters. The summed E-state index contributed by atoms with van der Waals surface area (Å²) >= 11 is 0. The highest BCUT2D eigenvalue weighted by Gasteiger charge is 2.32. The standard InChI is InChI=1S/C30H31F3N6O3S/c1-18-6-8-20(9-7-18)16-43(40,41)39-25-13-23(31)27(19(2)26(25)32)42-28-22(5-4-11-35-28)24-10-12-36-29(38-24)37-21-14-30(3,33)17-34-15-21/h4-13,21,34,39H,14-17H2,1-3H3,(H,36,37,38)/t21-,30-/m0/s1. The Morgan fingerprint density at radius 1 is 1.09 bits per heavy atom. The molecular formula is C30H31F3N6O3S. The Kier molecular flexibility index (Phi) is 8.56. The molecule has 3 N–H and O–H groups in total. The van der Waals surface area contributed by atoms with E-state index in [0.29, 0.717) is 23.4 Å². The average molecular weight is 613 g/mol. The highest BCUT2D eigenvalue weighted by atomic mass is 32.2. The molecule has 3 heterocycles. The molecule has 9 nitrogen and oxygen atoms in total. The molecule has 43 heavy (non-hydrogen) atoms. The van der Waals surface area contributed by atoms with Crippen LogP contribution in [0.2, 0.25) is 0 Å². The van der Waals surface area contributed by atoms with Gasteiger partial charge in [0.25, 0.3) is 0 Å². The number of benzene rings is 2. The summed E-state index contributed by atoms with van der Waals surface area (Å²) in [7, 11) is -4.05. The molecule has 0 radical (unpaired) electrons. The van der Waals surface area contributed by atoms with Gasteiger partial charge in [-0.05, 0) is 44.5 Å². The number of aryl methyl sites for hydroxylation is 1. The monoisotopic (exact) mass is 612 g/mol. The SMILES string of the molecule is Cc1ccc(CS(=O)(=O)Nc2cc(F)c(Oc3ncccc3-c3ccnc(N[C@@H]4CNC[C@@](C)(F)C4)n3)c(C)c2F)cc1. The average Bonchev–Trinajstić information content (AvgIpc) is 2.95. The van der Waals surface area contributed by atoms with Crippen LogP contribution in [0.15, 0.2) is 60.9 Å². The molecule has 13 heteroatoms. The van der Waals surface area contributed by atoms with E-state index in [1.54, 1.807) is 42.5 Å². The van der Waals surface area contributed by atoms with Crippen LogP contribution in [0.25, 0.3) is 11.3 Å². The number of hydrogen-bond acceptors (Lipinski definition) is 8. The summed E-state index contributed by atoms with van der Waals surface area (Å²) in [5.74, 6) is -2.65. The molecule has 5 rings (SSSR count). The fraction of sp³-hybridized carbons (Fsp3) is 0.300. The zero-order chi connectivity index (χ0) is 30.8. The molecule has 1 aliphatic heterocycles. The van der Waals surface area contributed by atoms with E-state index < -0.39 is 44.5 Å². The molecule has 0 spiro atoms. The molecule has 1 aliphatic rings. The Morgan fingerprint density at radius 2 is 1.86 bits per heavy atom. The largest absolute Gasteiger partial charge is 0.435 e. The van der Waals surface area contributed by atoms with Crippen LogP contribution in [0.4, 0.5) is 24.8 Å². The predicted octanol–water partition coefficient (Wildman–Crippen LogP) is 5.67. The number of alkyl halides is 1. The maximum atomic E-state index is 15.4. The maximum absolute atomic E-state index is 15.4. The molecule has 0 bridgehead atoms. The lowest BCUT2D eigenvalue weighted by atomic mass is 9.95. The summed E-state index contributed by atoms with van der Waals surface area (Å²) in [4.78, 5) is 12.9. The van der Waals surface area contributed by atoms with Crippen molar-refractivity contribution in [3.05, 3.63) is 89.2 Å². The van der Waals surface area contributed by atoms with Crippen molar-refractivity contribution in [1.82, 2.24) is 20.3 Å². The second-order valence-electron chi connectivity index (χ2n) is 10.8. The number of rotatable bonds is 9. The van der Waals surface area contributed by atoms with Crippen LogP contribution >= 0.6 is 0 Å². The van der Waals surface area contributed by atoms with Crippen molar-refractivity contribution in [2.24, 2.45) is 0 Å². The van der Waals surface area contributed by atoms with Gasteiger partial charge in [0.15, 0.2) is 17.4 Å². The van der Waals surface area contributed by atoms with Crippen LogP contribution < -0.4 is 20.1 Å². The summed E-state index contributed by atoms with van der Waals surface area (Å²) in [6.07, 6.45) is 3.21. The number of sulfonamides is 1. The first-order valence-electron chi connectivity index (χ1n) is 13.6. The van der Waals surface area contributed by atoms with Gasteiger partial charge in [0.1, 0.15) is 5.67 Å². The molecule has 226 valence electrons. The minimum Gasteiger partial charge on any atom is -0.435 e. The van der Waals surface area contributed by atoms with Gasteiger partial charge in [-0.1, -0.05) is 29.8 Å². The van der Waals surface area contributed by atoms with Crippen molar-refractivity contribution in [1.29, 1.82) is 0 Å². The summed E-state index contributed by atoms with van der Waals surface area (Å²) in [5, 5.41) is 6.18. The highest BCUT2D eigenvalue weighted by Crippen LogP contribution is 2.37. The molecule has 0 saturated carbocycles. The number of nitrogens with zero attached hydrogens (tertiary/aromatic N) is 3. The van der Waals surface area contributed by atoms with E-state index in [2.05, 4.69) is 30.3 Å². The van der Waals surface area contributed by atoms with Crippen molar-refractivity contribution in [2.75, 3.05) is 23.1 Å². The quantitative estimate of drug-likeness (QED) is 0.221. The first-order valence-corrected chi connectivity index (χ1v) is 15.2. The van der Waals surface area contributed by atoms with E-state index in [9.17, 15) is 12.8 Å². The number of aromatic nitrogens is 3. The number of ether oxygens (including phenoxy) is 1. The Labute approximate surface area is 248 Å². The lowest BCUT2D eigenvalue weighted by molar-refractivity contribution is 0.137. The van der Waals surface area contributed by atoms with E-state index in [1.165, 1.54) is 26.2 Å². The summed E-state index contributed by atoms with van der Waals surface area (Å²) in [6.45, 7) is 5.48. The number of nitrogens with one attached hydrogen (secondary N) is 3. The van der Waals surface area contributed by atoms with Gasteiger partial charge in [0.05, 0.1) is 22.7 Å². The van der Waals surface area contributed by atoms with Crippen LogP contribution in [-0.2, 0) is 15.8 Å². The van der Waals surface area contributed by atoms with Gasteiger partial charge in [-0.2, -0.15) is 0 Å². The summed E-state index contributed by atoms with van der Waals surface area (Å²) < 4.78 is 78.5. The van der Waals surface area contributed by atoms with Crippen LogP contribution in [0.1, 0.15) is 30.0 Å². The van der Waals surface area contributed by atoms with E-state index in [-0.39, 0.29) is 36.4 Å². The molecule has 1 fully saturated rings. The minimum atomic E-state index is -4.05. The van der Waals surface area contributed by atoms with Crippen LogP contribution in [0.5, 0.6) is 11.6 Å². The lowest BCUT2D eigenvalue weighted by Gasteiger charge is -2.33. The Balaban J connectivity index is 1.37. The topological polar surface area (TPSA) is 118 Å². The maximum Gasteiger partial charge on any atom is 0.237 e. The molecule has 4 aromatic rings. The zero-order valence-corrected chi connectivity index (χ0v) is 24.6. The van der Waals surface area contributed by atoms with Gasteiger partial charge in [-0.15, -0.1) is 0 Å². The fourth-order valence-corrected chi connectivity index (χ4v) is 6.02. The van der Waals surface area contributed by atoms with Crippen molar-refractivity contribution in [3.8, 4) is 22.9 Å². The zero-order valence-electron chi connectivity index (χ0n) is 23.8. The van der Waals surface area contributed by atoms with Crippen LogP contribution in [0.3, 0.4) is 0 Å². The van der Waals surface area contributed by atoms with Crippen LogP contribution in [0, 0.1) is 25.5 Å². The number of halogens is 3. The Morgan fingerprint density at radius 3 is 2.60 bits per heavy atom. The van der Waals surface area contributed by atoms with Crippen molar-refractivity contribution in [3.63, 3.8) is 0 Å². The van der Waals surface area contributed by atoms with E-state index in [1.807, 2.05) is 6.92 Å². The first-order chi connectivity index (χ1) is 20.4. The second-order valence-corrected chi connectivity index (χ2v) is 12.6. The predicted molar refractivity (Wildman–Crippen MR) is 158 cm³/mol. The van der Waals surface area contributed by atoms with Crippen LogP contribution in [-0.4, -0.2) is 48.2 Å². The molecule has 2 aromatic carbocycles. The third kappa shape index (κ3) is 7.41. The van der Waals surface area contributed by atoms with E-state index >= 15 is 8.78 Å². The van der Waals surface area contributed by atoms with E-state index in [4.69, 9.17) is 4.74 Å². The molecular weight excluding hydrogens is 581 g/mol. The van der Waals surface area contributed by atoms with Gasteiger partial charge in [0, 0.05) is 49.6 Å². The second kappa shape index (κ2) is 12.2. The fourth-order valence-electron chi connectivity index (χ4n) is 4.84. The van der Waals surface area contributed by atoms with Gasteiger partial charge < -0.3 is 15.4 Å². The molecule has 2 aromatic heterocycles. The summed E-state index contributed by atoms with van der Waals surface area (Å²) in [5.41, 5.74) is 0.0451. The van der Waals surface area contributed by atoms with Gasteiger partial charge >= 0.3 is 0 Å². The smallest absolute Gasteiger partial charge is 0.237 e. The van der Waals surface area contributed by atoms with Crippen molar-refractivity contribution >= 4 is 21.7 Å². The third-order valence-electron chi connectivity index (χ3n) is 6.93. The number of anilines is 2.